The molecule has 1 saturated heterocycles. The van der Waals surface area contributed by atoms with Gasteiger partial charge in [-0.05, 0) is 30.7 Å². The second-order valence-corrected chi connectivity index (χ2v) is 7.90. The molecule has 2 heterocycles. The Bertz CT molecular complexity index is 935. The zero-order valence-corrected chi connectivity index (χ0v) is 14.0. The van der Waals surface area contributed by atoms with Gasteiger partial charge in [-0.1, -0.05) is 0 Å². The molecule has 1 aliphatic heterocycles. The molecule has 0 aliphatic carbocycles. The lowest BCUT2D eigenvalue weighted by Gasteiger charge is -2.11. The van der Waals surface area contributed by atoms with Gasteiger partial charge >= 0.3 is 0 Å². The van der Waals surface area contributed by atoms with Gasteiger partial charge in [0, 0.05) is 17.8 Å². The van der Waals surface area contributed by atoms with Gasteiger partial charge in [0.1, 0.15) is 17.8 Å². The smallest absolute Gasteiger partial charge is 0.270 e. The van der Waals surface area contributed by atoms with E-state index in [0.717, 1.165) is 0 Å². The van der Waals surface area contributed by atoms with Gasteiger partial charge in [0.05, 0.1) is 23.1 Å². The first-order valence-corrected chi connectivity index (χ1v) is 9.38. The number of rotatable bonds is 4. The van der Waals surface area contributed by atoms with Gasteiger partial charge in [-0.15, -0.1) is 0 Å². The van der Waals surface area contributed by atoms with Gasteiger partial charge in [0.15, 0.2) is 9.84 Å². The zero-order valence-electron chi connectivity index (χ0n) is 13.1. The summed E-state index contributed by atoms with van der Waals surface area (Å²) >= 11 is 0. The van der Waals surface area contributed by atoms with E-state index in [-0.39, 0.29) is 23.2 Å². The molecule has 9 heteroatoms. The number of aromatic nitrogens is 2. The van der Waals surface area contributed by atoms with E-state index in [1.807, 2.05) is 6.07 Å². The predicted octanol–water partition coefficient (Wildman–Crippen LogP) is 1.01. The van der Waals surface area contributed by atoms with Crippen molar-refractivity contribution in [1.82, 2.24) is 15.3 Å². The van der Waals surface area contributed by atoms with Crippen LogP contribution in [0.1, 0.15) is 22.5 Å². The standard InChI is InChI=1S/C16H15N5O3S/c17-8-11-1-3-12(4-2-11)20-15-7-14(18-10-19-15)16(22)21-13-5-6-25(23,24)9-13/h1-4,7,10,13H,5-6,9H2,(H,21,22)(H,18,19,20). The van der Waals surface area contributed by atoms with Crippen molar-refractivity contribution in [2.75, 3.05) is 16.8 Å². The molecule has 1 aliphatic rings. The SMILES string of the molecule is N#Cc1ccc(Nc2cc(C(=O)NC3CCS(=O)(=O)C3)ncn2)cc1. The fraction of sp³-hybridized carbons (Fsp3) is 0.250. The Morgan fingerprint density at radius 2 is 2.00 bits per heavy atom. The number of hydrogen-bond donors (Lipinski definition) is 2. The molecule has 25 heavy (non-hydrogen) atoms. The number of hydrogen-bond acceptors (Lipinski definition) is 7. The Labute approximate surface area is 144 Å². The highest BCUT2D eigenvalue weighted by atomic mass is 32.2. The molecule has 1 fully saturated rings. The van der Waals surface area contributed by atoms with Crippen LogP contribution in [0.3, 0.4) is 0 Å². The molecule has 0 saturated carbocycles. The van der Waals surface area contributed by atoms with Crippen molar-refractivity contribution in [1.29, 1.82) is 5.26 Å². The Balaban J connectivity index is 1.68. The van der Waals surface area contributed by atoms with Gasteiger partial charge in [0.2, 0.25) is 0 Å². The predicted molar refractivity (Wildman–Crippen MR) is 91.0 cm³/mol. The third-order valence-corrected chi connectivity index (χ3v) is 5.52. The average molecular weight is 357 g/mol. The van der Waals surface area contributed by atoms with Crippen LogP contribution in [-0.2, 0) is 9.84 Å². The molecule has 0 spiro atoms. The summed E-state index contributed by atoms with van der Waals surface area (Å²) < 4.78 is 22.9. The average Bonchev–Trinajstić information content (AvgIpc) is 2.94. The molecule has 1 aromatic heterocycles. The first kappa shape index (κ1) is 16.9. The number of sulfone groups is 1. The second kappa shape index (κ2) is 6.86. The van der Waals surface area contributed by atoms with E-state index in [9.17, 15) is 13.2 Å². The number of carbonyl (C=O) groups is 1. The van der Waals surface area contributed by atoms with Crippen LogP contribution in [0.25, 0.3) is 0 Å². The maximum Gasteiger partial charge on any atom is 0.270 e. The molecule has 1 amide bonds. The topological polar surface area (TPSA) is 125 Å². The minimum absolute atomic E-state index is 0.0415. The van der Waals surface area contributed by atoms with Gasteiger partial charge in [-0.2, -0.15) is 5.26 Å². The van der Waals surface area contributed by atoms with Crippen LogP contribution in [0, 0.1) is 11.3 Å². The van der Waals surface area contributed by atoms with Crippen LogP contribution < -0.4 is 10.6 Å². The zero-order chi connectivity index (χ0) is 17.9. The van der Waals surface area contributed by atoms with Gasteiger partial charge < -0.3 is 10.6 Å². The normalized spacial score (nSPS) is 18.3. The third-order valence-electron chi connectivity index (χ3n) is 3.75. The summed E-state index contributed by atoms with van der Waals surface area (Å²) in [5.74, 6) is 0.0317. The summed E-state index contributed by atoms with van der Waals surface area (Å²) in [5, 5.41) is 14.5. The monoisotopic (exact) mass is 357 g/mol. The maximum atomic E-state index is 12.2. The lowest BCUT2D eigenvalue weighted by Crippen LogP contribution is -2.36. The minimum Gasteiger partial charge on any atom is -0.347 e. The fourth-order valence-corrected chi connectivity index (χ4v) is 4.17. The van der Waals surface area contributed by atoms with Gasteiger partial charge in [-0.25, -0.2) is 18.4 Å². The summed E-state index contributed by atoms with van der Waals surface area (Å²) in [5.41, 5.74) is 1.40. The van der Waals surface area contributed by atoms with Crippen LogP contribution in [0.2, 0.25) is 0 Å². The van der Waals surface area contributed by atoms with Gasteiger partial charge in [-0.3, -0.25) is 4.79 Å². The van der Waals surface area contributed by atoms with E-state index in [0.29, 0.717) is 23.5 Å². The maximum absolute atomic E-state index is 12.2. The number of nitriles is 1. The van der Waals surface area contributed by atoms with Crippen molar-refractivity contribution in [2.24, 2.45) is 0 Å². The number of amides is 1. The third kappa shape index (κ3) is 4.30. The summed E-state index contributed by atoms with van der Waals surface area (Å²) in [7, 11) is -3.06. The number of nitrogens with zero attached hydrogens (tertiary/aromatic N) is 3. The van der Waals surface area contributed by atoms with Crippen LogP contribution in [0.4, 0.5) is 11.5 Å². The molecule has 1 atom stereocenters. The first-order valence-electron chi connectivity index (χ1n) is 7.56. The molecule has 0 bridgehead atoms. The summed E-state index contributed by atoms with van der Waals surface area (Å²) in [6.07, 6.45) is 1.67. The van der Waals surface area contributed by atoms with Crippen LogP contribution in [0.5, 0.6) is 0 Å². The Hall–Kier alpha value is -2.99. The largest absolute Gasteiger partial charge is 0.347 e. The van der Waals surface area contributed by atoms with E-state index in [1.54, 1.807) is 24.3 Å². The Morgan fingerprint density at radius 1 is 1.24 bits per heavy atom. The molecular formula is C16H15N5O3S. The van der Waals surface area contributed by atoms with Crippen molar-refractivity contribution in [2.45, 2.75) is 12.5 Å². The molecule has 3 rings (SSSR count). The minimum atomic E-state index is -3.06. The second-order valence-electron chi connectivity index (χ2n) is 5.68. The first-order chi connectivity index (χ1) is 11.9. The molecule has 1 unspecified atom stereocenters. The van der Waals surface area contributed by atoms with E-state index >= 15 is 0 Å². The number of benzene rings is 1. The molecule has 1 aromatic carbocycles. The molecule has 8 nitrogen and oxygen atoms in total. The van der Waals surface area contributed by atoms with E-state index in [2.05, 4.69) is 20.6 Å². The van der Waals surface area contributed by atoms with Crippen LogP contribution in [-0.4, -0.2) is 41.8 Å². The summed E-state index contributed by atoms with van der Waals surface area (Å²) in [6, 6.07) is 9.91. The fourth-order valence-electron chi connectivity index (χ4n) is 2.49. The number of anilines is 2. The van der Waals surface area contributed by atoms with Crippen molar-refractivity contribution in [3.63, 3.8) is 0 Å². The highest BCUT2D eigenvalue weighted by Crippen LogP contribution is 2.16. The van der Waals surface area contributed by atoms with E-state index < -0.39 is 15.7 Å². The lowest BCUT2D eigenvalue weighted by molar-refractivity contribution is 0.0936. The van der Waals surface area contributed by atoms with Crippen molar-refractivity contribution >= 4 is 27.2 Å². The Kier molecular flexibility index (Phi) is 4.63. The van der Waals surface area contributed by atoms with Crippen molar-refractivity contribution < 1.29 is 13.2 Å². The Morgan fingerprint density at radius 3 is 2.64 bits per heavy atom. The molecule has 2 aromatic rings. The van der Waals surface area contributed by atoms with Crippen molar-refractivity contribution in [3.8, 4) is 6.07 Å². The van der Waals surface area contributed by atoms with E-state index in [1.165, 1.54) is 12.4 Å². The molecular weight excluding hydrogens is 342 g/mol. The quantitative estimate of drug-likeness (QED) is 0.836. The highest BCUT2D eigenvalue weighted by Gasteiger charge is 2.29. The highest BCUT2D eigenvalue weighted by molar-refractivity contribution is 7.91. The lowest BCUT2D eigenvalue weighted by atomic mass is 10.2. The summed E-state index contributed by atoms with van der Waals surface area (Å²) in [6.45, 7) is 0. The van der Waals surface area contributed by atoms with Crippen molar-refractivity contribution in [3.05, 3.63) is 47.9 Å². The van der Waals surface area contributed by atoms with Crippen LogP contribution in [0.15, 0.2) is 36.7 Å². The van der Waals surface area contributed by atoms with Crippen LogP contribution >= 0.6 is 0 Å². The molecule has 2 N–H and O–H groups in total. The molecule has 128 valence electrons. The molecule has 0 radical (unpaired) electrons. The number of nitrogens with one attached hydrogen (secondary N) is 2. The summed E-state index contributed by atoms with van der Waals surface area (Å²) in [4.78, 5) is 20.2. The van der Waals surface area contributed by atoms with E-state index in [4.69, 9.17) is 5.26 Å². The van der Waals surface area contributed by atoms with Gasteiger partial charge in [0.25, 0.3) is 5.91 Å². The number of carbonyl (C=O) groups excluding carboxylic acids is 1.